The van der Waals surface area contributed by atoms with Crippen LogP contribution in [0.1, 0.15) is 11.1 Å². The molecule has 0 spiro atoms. The second-order valence-electron chi connectivity index (χ2n) is 4.38. The van der Waals surface area contributed by atoms with Gasteiger partial charge in [0.2, 0.25) is 5.88 Å². The number of aliphatic hydroxyl groups is 1. The van der Waals surface area contributed by atoms with Gasteiger partial charge in [-0.05, 0) is 62.8 Å². The third-order valence-corrected chi connectivity index (χ3v) is 4.28. The normalized spacial score (nSPS) is 20.4. The van der Waals surface area contributed by atoms with Crippen molar-refractivity contribution >= 4 is 38.5 Å². The van der Waals surface area contributed by atoms with Gasteiger partial charge in [-0.25, -0.2) is 4.98 Å². The molecule has 1 aliphatic rings. The van der Waals surface area contributed by atoms with Crippen molar-refractivity contribution in [2.75, 3.05) is 6.61 Å². The van der Waals surface area contributed by atoms with Gasteiger partial charge in [-0.1, -0.05) is 0 Å². The summed E-state index contributed by atoms with van der Waals surface area (Å²) in [7, 11) is 0. The number of hydrogen-bond donors (Lipinski definition) is 2. The van der Waals surface area contributed by atoms with E-state index >= 15 is 0 Å². The molecule has 3 rings (SSSR count). The van der Waals surface area contributed by atoms with Crippen molar-refractivity contribution < 1.29 is 9.84 Å². The third-order valence-electron chi connectivity index (χ3n) is 3.18. The third kappa shape index (κ3) is 2.06. The lowest BCUT2D eigenvalue weighted by Gasteiger charge is -2.35. The van der Waals surface area contributed by atoms with Gasteiger partial charge in [0.1, 0.15) is 5.75 Å². The van der Waals surface area contributed by atoms with Crippen molar-refractivity contribution in [2.24, 2.45) is 5.73 Å². The van der Waals surface area contributed by atoms with E-state index in [0.717, 1.165) is 13.6 Å². The first kappa shape index (κ1) is 13.3. The molecule has 0 saturated heterocycles. The number of nitrogens with zero attached hydrogens (tertiary/aromatic N) is 1. The highest BCUT2D eigenvalue weighted by Gasteiger charge is 2.39. The number of halogens is 2. The Hall–Kier alpha value is -0.700. The second-order valence-corrected chi connectivity index (χ2v) is 6.54. The summed E-state index contributed by atoms with van der Waals surface area (Å²) >= 11 is 5.58. The van der Waals surface area contributed by atoms with Crippen molar-refractivity contribution in [3.63, 3.8) is 0 Å². The summed E-state index contributed by atoms with van der Waals surface area (Å²) in [5.41, 5.74) is 6.88. The Kier molecular flexibility index (Phi) is 3.28. The molecule has 0 fully saturated rings. The molecule has 3 N–H and O–H groups in total. The molecular formula is C13H10BrIN2O2. The molecule has 0 radical (unpaired) electrons. The molecule has 0 unspecified atom stereocenters. The average molecular weight is 433 g/mol. The summed E-state index contributed by atoms with van der Waals surface area (Å²) in [6.45, 7) is -0.214. The van der Waals surface area contributed by atoms with Crippen LogP contribution in [0.5, 0.6) is 11.6 Å². The first-order valence-corrected chi connectivity index (χ1v) is 7.45. The molecule has 2 aromatic rings. The molecule has 4 nitrogen and oxygen atoms in total. The van der Waals surface area contributed by atoms with Gasteiger partial charge in [0.15, 0.2) is 0 Å². The summed E-state index contributed by atoms with van der Waals surface area (Å²) < 4.78 is 7.59. The van der Waals surface area contributed by atoms with Crippen LogP contribution in [0.3, 0.4) is 0 Å². The molecule has 98 valence electrons. The number of ether oxygens (including phenoxy) is 1. The summed E-state index contributed by atoms with van der Waals surface area (Å²) in [5, 5.41) is 9.80. The van der Waals surface area contributed by atoms with Gasteiger partial charge in [-0.2, -0.15) is 0 Å². The quantitative estimate of drug-likeness (QED) is 0.680. The number of benzene rings is 1. The number of hydrogen-bond acceptors (Lipinski definition) is 4. The number of fused-ring (bicyclic) bond motifs is 2. The fourth-order valence-electron chi connectivity index (χ4n) is 2.19. The largest absolute Gasteiger partial charge is 0.438 e. The fraction of sp³-hybridized carbons (Fsp3) is 0.154. The molecular weight excluding hydrogens is 423 g/mol. The topological polar surface area (TPSA) is 68.4 Å². The molecule has 2 heterocycles. The zero-order valence-electron chi connectivity index (χ0n) is 9.73. The number of nitrogens with two attached hydrogens (primary N) is 1. The summed E-state index contributed by atoms with van der Waals surface area (Å²) in [5.74, 6) is 1.08. The average Bonchev–Trinajstić information content (AvgIpc) is 2.41. The molecule has 0 amide bonds. The Morgan fingerprint density at radius 2 is 2.16 bits per heavy atom. The van der Waals surface area contributed by atoms with Crippen LogP contribution in [-0.4, -0.2) is 16.7 Å². The van der Waals surface area contributed by atoms with E-state index < -0.39 is 5.54 Å². The van der Waals surface area contributed by atoms with E-state index in [9.17, 15) is 5.11 Å². The van der Waals surface area contributed by atoms with Gasteiger partial charge in [0.05, 0.1) is 12.1 Å². The predicted molar refractivity (Wildman–Crippen MR) is 83.2 cm³/mol. The molecule has 0 aliphatic carbocycles. The SMILES string of the molecule is N[C@@]1(CO)c2cc(I)ccc2Oc2ncc(Br)cc21. The molecule has 1 aromatic carbocycles. The lowest BCUT2D eigenvalue weighted by molar-refractivity contribution is 0.210. The van der Waals surface area contributed by atoms with Gasteiger partial charge in [-0.15, -0.1) is 0 Å². The predicted octanol–water partition coefficient (Wildman–Crippen LogP) is 2.75. The van der Waals surface area contributed by atoms with Crippen LogP contribution >= 0.6 is 38.5 Å². The van der Waals surface area contributed by atoms with E-state index in [1.807, 2.05) is 24.3 Å². The summed E-state index contributed by atoms with van der Waals surface area (Å²) in [6, 6.07) is 7.54. The standard InChI is InChI=1S/C13H10BrIN2O2/c14-7-3-10-12(17-5-7)19-11-2-1-8(15)4-9(11)13(10,16)6-18/h1-5,18H,6,16H2/t13-/m0/s1. The van der Waals surface area contributed by atoms with E-state index in [1.54, 1.807) is 6.20 Å². The van der Waals surface area contributed by atoms with Crippen LogP contribution < -0.4 is 10.5 Å². The van der Waals surface area contributed by atoms with Crippen LogP contribution in [0.2, 0.25) is 0 Å². The first-order chi connectivity index (χ1) is 9.04. The number of aliphatic hydroxyl groups excluding tert-OH is 1. The zero-order chi connectivity index (χ0) is 13.6. The maximum absolute atomic E-state index is 9.80. The molecule has 19 heavy (non-hydrogen) atoms. The number of pyridine rings is 1. The minimum atomic E-state index is -0.999. The van der Waals surface area contributed by atoms with Crippen LogP contribution in [-0.2, 0) is 5.54 Å². The van der Waals surface area contributed by atoms with Crippen molar-refractivity contribution in [3.8, 4) is 11.6 Å². The lowest BCUT2D eigenvalue weighted by atomic mass is 9.83. The van der Waals surface area contributed by atoms with Gasteiger partial charge < -0.3 is 15.6 Å². The number of rotatable bonds is 1. The zero-order valence-corrected chi connectivity index (χ0v) is 13.5. The summed E-state index contributed by atoms with van der Waals surface area (Å²) in [6.07, 6.45) is 1.65. The van der Waals surface area contributed by atoms with E-state index in [0.29, 0.717) is 17.2 Å². The molecule has 0 saturated carbocycles. The van der Waals surface area contributed by atoms with E-state index in [1.165, 1.54) is 0 Å². The molecule has 0 bridgehead atoms. The van der Waals surface area contributed by atoms with Gasteiger partial charge in [-0.3, -0.25) is 0 Å². The van der Waals surface area contributed by atoms with Gasteiger partial charge >= 0.3 is 0 Å². The second kappa shape index (κ2) is 4.69. The lowest BCUT2D eigenvalue weighted by Crippen LogP contribution is -2.44. The minimum Gasteiger partial charge on any atom is -0.438 e. The maximum Gasteiger partial charge on any atom is 0.224 e. The Morgan fingerprint density at radius 3 is 2.89 bits per heavy atom. The molecule has 6 heteroatoms. The highest BCUT2D eigenvalue weighted by atomic mass is 127. The van der Waals surface area contributed by atoms with Crippen molar-refractivity contribution in [3.05, 3.63) is 49.6 Å². The van der Waals surface area contributed by atoms with Crippen LogP contribution in [0.15, 0.2) is 34.9 Å². The van der Waals surface area contributed by atoms with Crippen molar-refractivity contribution in [1.82, 2.24) is 4.98 Å². The van der Waals surface area contributed by atoms with E-state index in [-0.39, 0.29) is 6.61 Å². The first-order valence-electron chi connectivity index (χ1n) is 5.58. The Bertz CT molecular complexity index is 612. The van der Waals surface area contributed by atoms with Crippen molar-refractivity contribution in [1.29, 1.82) is 0 Å². The fourth-order valence-corrected chi connectivity index (χ4v) is 3.01. The van der Waals surface area contributed by atoms with Crippen LogP contribution in [0.4, 0.5) is 0 Å². The summed E-state index contributed by atoms with van der Waals surface area (Å²) in [4.78, 5) is 4.22. The smallest absolute Gasteiger partial charge is 0.224 e. The minimum absolute atomic E-state index is 0.214. The Balaban J connectivity index is 2.29. The van der Waals surface area contributed by atoms with Gasteiger partial charge in [0, 0.05) is 25.4 Å². The molecule has 1 aliphatic heterocycles. The van der Waals surface area contributed by atoms with Crippen molar-refractivity contribution in [2.45, 2.75) is 5.54 Å². The van der Waals surface area contributed by atoms with Gasteiger partial charge in [0.25, 0.3) is 0 Å². The van der Waals surface area contributed by atoms with Crippen LogP contribution in [0.25, 0.3) is 0 Å². The monoisotopic (exact) mass is 432 g/mol. The highest BCUT2D eigenvalue weighted by Crippen LogP contribution is 2.45. The maximum atomic E-state index is 9.80. The number of aromatic nitrogens is 1. The molecule has 1 atom stereocenters. The van der Waals surface area contributed by atoms with E-state index in [2.05, 4.69) is 43.5 Å². The Morgan fingerprint density at radius 1 is 1.37 bits per heavy atom. The van der Waals surface area contributed by atoms with E-state index in [4.69, 9.17) is 10.5 Å². The van der Waals surface area contributed by atoms with Crippen LogP contribution in [0, 0.1) is 3.57 Å². The highest BCUT2D eigenvalue weighted by molar-refractivity contribution is 14.1. The molecule has 1 aromatic heterocycles. The Labute approximate surface area is 132 Å².